The Balaban J connectivity index is 2.06. The van der Waals surface area contributed by atoms with Crippen molar-refractivity contribution < 1.29 is 23.8 Å². The summed E-state index contributed by atoms with van der Waals surface area (Å²) in [4.78, 5) is 22.5. The monoisotopic (exact) mass is 275 g/mol. The largest absolute Gasteiger partial charge is 0.461 e. The number of carbonyl (C=O) groups excluding carboxylic acids is 2. The van der Waals surface area contributed by atoms with Crippen LogP contribution in [0.5, 0.6) is 0 Å². The molecule has 1 aliphatic rings. The molecule has 0 bridgehead atoms. The first kappa shape index (κ1) is 15.0. The van der Waals surface area contributed by atoms with E-state index in [0.717, 1.165) is 11.8 Å². The van der Waals surface area contributed by atoms with Gasteiger partial charge in [0.05, 0.1) is 19.3 Å². The highest BCUT2D eigenvalue weighted by Crippen LogP contribution is 2.05. The minimum Gasteiger partial charge on any atom is -0.461 e. The van der Waals surface area contributed by atoms with E-state index in [1.165, 1.54) is 0 Å². The molecule has 1 rings (SSSR count). The van der Waals surface area contributed by atoms with Crippen LogP contribution in [-0.2, 0) is 19.0 Å². The van der Waals surface area contributed by atoms with E-state index in [1.54, 1.807) is 6.92 Å². The van der Waals surface area contributed by atoms with E-state index >= 15 is 0 Å². The third-order valence-electron chi connectivity index (χ3n) is 2.02. The summed E-state index contributed by atoms with van der Waals surface area (Å²) in [5, 5.41) is 2.57. The molecular formula is C11H17NO5S. The first-order valence-electron chi connectivity index (χ1n) is 5.51. The average Bonchev–Trinajstić information content (AvgIpc) is 2.35. The number of hydrogen-bond donors (Lipinski definition) is 1. The zero-order valence-corrected chi connectivity index (χ0v) is 11.1. The maximum atomic E-state index is 11.5. The van der Waals surface area contributed by atoms with Crippen LogP contribution in [0.1, 0.15) is 6.92 Å². The predicted molar refractivity (Wildman–Crippen MR) is 67.3 cm³/mol. The lowest BCUT2D eigenvalue weighted by molar-refractivity contribution is -0.138. The molecule has 1 saturated heterocycles. The number of nitrogens with one attached hydrogen (secondary N) is 1. The van der Waals surface area contributed by atoms with Gasteiger partial charge in [0.1, 0.15) is 13.4 Å². The Morgan fingerprint density at radius 1 is 1.44 bits per heavy atom. The van der Waals surface area contributed by atoms with Crippen molar-refractivity contribution in [2.24, 2.45) is 0 Å². The molecule has 0 atom stereocenters. The molecule has 6 nitrogen and oxygen atoms in total. The number of amides is 1. The van der Waals surface area contributed by atoms with E-state index < -0.39 is 5.97 Å². The van der Waals surface area contributed by atoms with E-state index in [2.05, 4.69) is 11.9 Å². The fraction of sp³-hybridized carbons (Fsp3) is 0.636. The average molecular weight is 275 g/mol. The third-order valence-corrected chi connectivity index (χ3v) is 2.78. The summed E-state index contributed by atoms with van der Waals surface area (Å²) in [6, 6.07) is -0.114. The van der Waals surface area contributed by atoms with Crippen molar-refractivity contribution in [3.05, 3.63) is 12.2 Å². The lowest BCUT2D eigenvalue weighted by Gasteiger charge is -2.22. The van der Waals surface area contributed by atoms with Gasteiger partial charge < -0.3 is 19.5 Å². The first-order valence-corrected chi connectivity index (χ1v) is 6.49. The number of ether oxygens (including phenoxy) is 3. The number of thioether (sulfide) groups is 1. The lowest BCUT2D eigenvalue weighted by Crippen LogP contribution is -2.43. The summed E-state index contributed by atoms with van der Waals surface area (Å²) in [5.74, 6) is -0.0377. The van der Waals surface area contributed by atoms with Crippen LogP contribution < -0.4 is 5.32 Å². The summed E-state index contributed by atoms with van der Waals surface area (Å²) in [6.45, 7) is 6.40. The van der Waals surface area contributed by atoms with Gasteiger partial charge in [-0.3, -0.25) is 4.79 Å². The quantitative estimate of drug-likeness (QED) is 0.457. The lowest BCUT2D eigenvalue weighted by atomic mass is 10.3. The molecule has 1 aliphatic heterocycles. The van der Waals surface area contributed by atoms with E-state index in [0.29, 0.717) is 24.5 Å². The van der Waals surface area contributed by atoms with E-state index in [-0.39, 0.29) is 24.7 Å². The number of rotatable bonds is 5. The van der Waals surface area contributed by atoms with E-state index in [9.17, 15) is 9.59 Å². The van der Waals surface area contributed by atoms with E-state index in [4.69, 9.17) is 14.2 Å². The van der Waals surface area contributed by atoms with Crippen LogP contribution in [0.4, 0.5) is 4.79 Å². The Labute approximate surface area is 110 Å². The van der Waals surface area contributed by atoms with Crippen LogP contribution in [0.3, 0.4) is 0 Å². The van der Waals surface area contributed by atoms with Gasteiger partial charge in [0.2, 0.25) is 0 Å². The maximum absolute atomic E-state index is 11.5. The van der Waals surface area contributed by atoms with Gasteiger partial charge in [0.15, 0.2) is 0 Å². The number of esters is 1. The Morgan fingerprint density at radius 2 is 2.11 bits per heavy atom. The molecule has 0 radical (unpaired) electrons. The molecule has 7 heteroatoms. The third kappa shape index (κ3) is 6.04. The topological polar surface area (TPSA) is 73.9 Å². The van der Waals surface area contributed by atoms with Gasteiger partial charge in [0, 0.05) is 11.3 Å². The van der Waals surface area contributed by atoms with Gasteiger partial charge in [-0.2, -0.15) is 0 Å². The zero-order valence-electron chi connectivity index (χ0n) is 10.3. The van der Waals surface area contributed by atoms with Gasteiger partial charge in [-0.15, -0.1) is 0 Å². The Kier molecular flexibility index (Phi) is 6.77. The highest BCUT2D eigenvalue weighted by atomic mass is 32.2. The molecule has 102 valence electrons. The molecule has 0 aromatic rings. The van der Waals surface area contributed by atoms with Crippen molar-refractivity contribution in [1.29, 1.82) is 0 Å². The van der Waals surface area contributed by atoms with Gasteiger partial charge >= 0.3 is 5.97 Å². The fourth-order valence-corrected chi connectivity index (χ4v) is 1.77. The minimum atomic E-state index is -0.440. The highest BCUT2D eigenvalue weighted by Gasteiger charge is 2.16. The minimum absolute atomic E-state index is 0.114. The molecule has 0 saturated carbocycles. The van der Waals surface area contributed by atoms with Crippen molar-refractivity contribution in [2.45, 2.75) is 13.0 Å². The Morgan fingerprint density at radius 3 is 2.72 bits per heavy atom. The fourth-order valence-electron chi connectivity index (χ4n) is 1.17. The van der Waals surface area contributed by atoms with Crippen molar-refractivity contribution in [3.8, 4) is 0 Å². The normalized spacial score (nSPS) is 16.1. The molecule has 0 aliphatic carbocycles. The van der Waals surface area contributed by atoms with Crippen LogP contribution in [0.25, 0.3) is 0 Å². The van der Waals surface area contributed by atoms with Crippen LogP contribution in [-0.4, -0.2) is 49.6 Å². The predicted octanol–water partition coefficient (Wildman–Crippen LogP) is 0.921. The Hall–Kier alpha value is -1.05. The molecule has 1 amide bonds. The second-order valence-corrected chi connectivity index (χ2v) is 4.82. The molecule has 1 fully saturated rings. The van der Waals surface area contributed by atoms with Crippen LogP contribution in [0.15, 0.2) is 12.2 Å². The second kappa shape index (κ2) is 8.12. The first-order chi connectivity index (χ1) is 8.59. The molecule has 1 N–H and O–H groups in total. The van der Waals surface area contributed by atoms with Crippen LogP contribution in [0.2, 0.25) is 0 Å². The summed E-state index contributed by atoms with van der Waals surface area (Å²) in [5.41, 5.74) is 0.348. The van der Waals surface area contributed by atoms with Crippen LogP contribution in [0, 0.1) is 0 Å². The molecule has 18 heavy (non-hydrogen) atoms. The second-order valence-electron chi connectivity index (χ2n) is 3.75. The molecular weight excluding hydrogens is 258 g/mol. The highest BCUT2D eigenvalue weighted by molar-refractivity contribution is 8.13. The molecule has 0 aromatic carbocycles. The van der Waals surface area contributed by atoms with Gasteiger partial charge in [-0.1, -0.05) is 18.3 Å². The van der Waals surface area contributed by atoms with Crippen molar-refractivity contribution >= 4 is 23.0 Å². The molecule has 0 unspecified atom stereocenters. The summed E-state index contributed by atoms with van der Waals surface area (Å²) >= 11 is 1.06. The van der Waals surface area contributed by atoms with Crippen LogP contribution >= 0.6 is 11.8 Å². The Bertz CT molecular complexity index is 315. The summed E-state index contributed by atoms with van der Waals surface area (Å²) in [6.07, 6.45) is 0. The van der Waals surface area contributed by atoms with E-state index in [1.807, 2.05) is 0 Å². The summed E-state index contributed by atoms with van der Waals surface area (Å²) < 4.78 is 14.9. The standard InChI is InChI=1S/C11H17NO5S/c1-8(2)10(13)17-3-4-18-11(14)12-9-5-15-7-16-6-9/h9H,1,3-7H2,2H3,(H,12,14). The number of carbonyl (C=O) groups is 2. The molecule has 0 spiro atoms. The zero-order chi connectivity index (χ0) is 13.4. The molecule has 1 heterocycles. The summed E-state index contributed by atoms with van der Waals surface area (Å²) in [7, 11) is 0. The van der Waals surface area contributed by atoms with Gasteiger partial charge in [-0.25, -0.2) is 4.79 Å². The SMILES string of the molecule is C=C(C)C(=O)OCCSC(=O)NC1COCOC1. The van der Waals surface area contributed by atoms with Crippen molar-refractivity contribution in [2.75, 3.05) is 32.4 Å². The molecule has 0 aromatic heterocycles. The van der Waals surface area contributed by atoms with Crippen molar-refractivity contribution in [3.63, 3.8) is 0 Å². The smallest absolute Gasteiger partial charge is 0.333 e. The van der Waals surface area contributed by atoms with Crippen molar-refractivity contribution in [1.82, 2.24) is 5.32 Å². The maximum Gasteiger partial charge on any atom is 0.333 e. The van der Waals surface area contributed by atoms with Gasteiger partial charge in [0.25, 0.3) is 5.24 Å². The van der Waals surface area contributed by atoms with Gasteiger partial charge in [-0.05, 0) is 6.92 Å². The number of hydrogen-bond acceptors (Lipinski definition) is 6.